The number of alkyl halides is 1. The maximum absolute atomic E-state index is 11.8. The number of likely N-dealkylation sites (N-methyl/N-ethyl adjacent to an activating group) is 1. The van der Waals surface area contributed by atoms with Gasteiger partial charge in [-0.2, -0.15) is 0 Å². The van der Waals surface area contributed by atoms with Gasteiger partial charge in [0.05, 0.1) is 13.2 Å². The van der Waals surface area contributed by atoms with Crippen LogP contribution in [0.4, 0.5) is 0 Å². The Hall–Kier alpha value is -1.06. The second-order valence-electron chi connectivity index (χ2n) is 4.46. The van der Waals surface area contributed by atoms with E-state index in [2.05, 4.69) is 12.1 Å². The van der Waals surface area contributed by atoms with Crippen molar-refractivity contribution in [1.82, 2.24) is 4.90 Å². The second kappa shape index (κ2) is 9.82. The number of nitrogens with zero attached hydrogens (tertiary/aromatic N) is 1. The van der Waals surface area contributed by atoms with Crippen molar-refractivity contribution in [1.29, 1.82) is 0 Å². The topological polar surface area (TPSA) is 29.5 Å². The van der Waals surface area contributed by atoms with Gasteiger partial charge in [0.15, 0.2) is 0 Å². The Morgan fingerprint density at radius 2 is 2.00 bits per heavy atom. The van der Waals surface area contributed by atoms with E-state index in [0.29, 0.717) is 32.1 Å². The zero-order chi connectivity index (χ0) is 13.9. The maximum atomic E-state index is 11.8. The van der Waals surface area contributed by atoms with Crippen molar-refractivity contribution >= 4 is 17.5 Å². The van der Waals surface area contributed by atoms with Crippen LogP contribution >= 0.6 is 11.6 Å². The van der Waals surface area contributed by atoms with E-state index in [-0.39, 0.29) is 5.91 Å². The van der Waals surface area contributed by atoms with Crippen molar-refractivity contribution in [2.75, 3.05) is 32.7 Å². The molecule has 0 bridgehead atoms. The monoisotopic (exact) mass is 283 g/mol. The molecule has 106 valence electrons. The molecule has 0 aliphatic carbocycles. The molecule has 0 fully saturated rings. The Kier molecular flexibility index (Phi) is 8.26. The number of aryl methyl sites for hydroxylation is 1. The van der Waals surface area contributed by atoms with Gasteiger partial charge in [-0.3, -0.25) is 4.79 Å². The van der Waals surface area contributed by atoms with Crippen molar-refractivity contribution in [2.45, 2.75) is 19.3 Å². The van der Waals surface area contributed by atoms with Crippen LogP contribution in [-0.2, 0) is 16.0 Å². The number of hydrogen-bond acceptors (Lipinski definition) is 2. The molecule has 0 aromatic heterocycles. The molecule has 1 amide bonds. The molecule has 0 N–H and O–H groups in total. The molecule has 0 aliphatic rings. The third-order valence-corrected chi connectivity index (χ3v) is 3.07. The summed E-state index contributed by atoms with van der Waals surface area (Å²) in [6.45, 7) is 1.71. The lowest BCUT2D eigenvalue weighted by Crippen LogP contribution is -2.30. The van der Waals surface area contributed by atoms with Gasteiger partial charge in [-0.1, -0.05) is 30.3 Å². The highest BCUT2D eigenvalue weighted by molar-refractivity contribution is 6.17. The highest BCUT2D eigenvalue weighted by Crippen LogP contribution is 2.05. The van der Waals surface area contributed by atoms with E-state index in [1.54, 1.807) is 4.90 Å². The minimum atomic E-state index is 0.172. The number of hydrogen-bond donors (Lipinski definition) is 0. The van der Waals surface area contributed by atoms with Crippen LogP contribution in [0, 0.1) is 0 Å². The van der Waals surface area contributed by atoms with Crippen LogP contribution < -0.4 is 0 Å². The molecular formula is C15H22ClNO2. The smallest absolute Gasteiger partial charge is 0.222 e. The molecule has 3 nitrogen and oxygen atoms in total. The fourth-order valence-electron chi connectivity index (χ4n) is 1.76. The summed E-state index contributed by atoms with van der Waals surface area (Å²) in [5.41, 5.74) is 1.28. The molecule has 1 rings (SSSR count). The molecule has 0 radical (unpaired) electrons. The van der Waals surface area contributed by atoms with Gasteiger partial charge in [-0.05, 0) is 18.4 Å². The Labute approximate surface area is 120 Å². The van der Waals surface area contributed by atoms with Crippen LogP contribution in [0.5, 0.6) is 0 Å². The van der Waals surface area contributed by atoms with Crippen molar-refractivity contribution < 1.29 is 9.53 Å². The summed E-state index contributed by atoms with van der Waals surface area (Å²) < 4.78 is 5.25. The number of rotatable bonds is 9. The fourth-order valence-corrected chi connectivity index (χ4v) is 1.87. The van der Waals surface area contributed by atoms with E-state index in [1.807, 2.05) is 25.2 Å². The average Bonchev–Trinajstić information content (AvgIpc) is 2.44. The van der Waals surface area contributed by atoms with Gasteiger partial charge >= 0.3 is 0 Å². The van der Waals surface area contributed by atoms with Gasteiger partial charge in [0, 0.05) is 25.9 Å². The summed E-state index contributed by atoms with van der Waals surface area (Å²) in [5, 5.41) is 0. The van der Waals surface area contributed by atoms with Crippen LogP contribution in [0.3, 0.4) is 0 Å². The second-order valence-corrected chi connectivity index (χ2v) is 4.83. The first-order valence-electron chi connectivity index (χ1n) is 6.65. The van der Waals surface area contributed by atoms with Crippen LogP contribution in [0.2, 0.25) is 0 Å². The SMILES string of the molecule is CN(CCOCCCl)C(=O)CCCc1ccccc1. The lowest BCUT2D eigenvalue weighted by molar-refractivity contribution is -0.130. The molecule has 0 saturated heterocycles. The predicted octanol–water partition coefficient (Wildman–Crippen LogP) is 2.72. The third-order valence-electron chi connectivity index (χ3n) is 2.92. The summed E-state index contributed by atoms with van der Waals surface area (Å²) in [7, 11) is 1.81. The number of halogens is 1. The van der Waals surface area contributed by atoms with Gasteiger partial charge < -0.3 is 9.64 Å². The first-order valence-corrected chi connectivity index (χ1v) is 7.19. The fraction of sp³-hybridized carbons (Fsp3) is 0.533. The van der Waals surface area contributed by atoms with E-state index < -0.39 is 0 Å². The lowest BCUT2D eigenvalue weighted by Gasteiger charge is -2.17. The molecule has 0 saturated carbocycles. The lowest BCUT2D eigenvalue weighted by atomic mass is 10.1. The summed E-state index contributed by atoms with van der Waals surface area (Å²) in [4.78, 5) is 13.6. The van der Waals surface area contributed by atoms with Crippen LogP contribution in [0.25, 0.3) is 0 Å². The van der Waals surface area contributed by atoms with E-state index in [1.165, 1.54) is 5.56 Å². The molecule has 1 aromatic carbocycles. The first kappa shape index (κ1) is 16.0. The van der Waals surface area contributed by atoms with E-state index in [4.69, 9.17) is 16.3 Å². The Morgan fingerprint density at radius 1 is 1.26 bits per heavy atom. The van der Waals surface area contributed by atoms with Gasteiger partial charge in [-0.15, -0.1) is 11.6 Å². The summed E-state index contributed by atoms with van der Waals surface area (Å²) in [6, 6.07) is 10.2. The minimum absolute atomic E-state index is 0.172. The van der Waals surface area contributed by atoms with Crippen LogP contribution in [-0.4, -0.2) is 43.5 Å². The first-order chi connectivity index (χ1) is 9.24. The summed E-state index contributed by atoms with van der Waals surface area (Å²) in [6.07, 6.45) is 2.42. The molecular weight excluding hydrogens is 262 g/mol. The minimum Gasteiger partial charge on any atom is -0.378 e. The maximum Gasteiger partial charge on any atom is 0.222 e. The van der Waals surface area contributed by atoms with Gasteiger partial charge in [0.25, 0.3) is 0 Å². The highest BCUT2D eigenvalue weighted by Gasteiger charge is 2.07. The van der Waals surface area contributed by atoms with Crippen molar-refractivity contribution in [3.63, 3.8) is 0 Å². The molecule has 0 heterocycles. The van der Waals surface area contributed by atoms with Gasteiger partial charge in [0.1, 0.15) is 0 Å². The standard InChI is InChI=1S/C15H22ClNO2/c1-17(11-13-19-12-10-16)15(18)9-5-8-14-6-3-2-4-7-14/h2-4,6-7H,5,8-13H2,1H3. The molecule has 0 spiro atoms. The normalized spacial score (nSPS) is 10.4. The Morgan fingerprint density at radius 3 is 2.68 bits per heavy atom. The molecule has 0 unspecified atom stereocenters. The summed E-state index contributed by atoms with van der Waals surface area (Å²) >= 11 is 5.50. The number of carbonyl (C=O) groups is 1. The number of benzene rings is 1. The number of ether oxygens (including phenoxy) is 1. The zero-order valence-corrected chi connectivity index (χ0v) is 12.2. The molecule has 0 aliphatic heterocycles. The Balaban J connectivity index is 2.13. The van der Waals surface area contributed by atoms with Gasteiger partial charge in [-0.25, -0.2) is 0 Å². The number of amides is 1. The third kappa shape index (κ3) is 7.19. The van der Waals surface area contributed by atoms with E-state index in [9.17, 15) is 4.79 Å². The van der Waals surface area contributed by atoms with Crippen molar-refractivity contribution in [3.05, 3.63) is 35.9 Å². The van der Waals surface area contributed by atoms with E-state index >= 15 is 0 Å². The zero-order valence-electron chi connectivity index (χ0n) is 11.5. The molecule has 1 aromatic rings. The molecule has 19 heavy (non-hydrogen) atoms. The average molecular weight is 284 g/mol. The highest BCUT2D eigenvalue weighted by atomic mass is 35.5. The Bertz CT molecular complexity index is 356. The molecule has 0 atom stereocenters. The molecule has 4 heteroatoms. The quantitative estimate of drug-likeness (QED) is 0.515. The largest absolute Gasteiger partial charge is 0.378 e. The van der Waals surface area contributed by atoms with E-state index in [0.717, 1.165) is 12.8 Å². The van der Waals surface area contributed by atoms with Gasteiger partial charge in [0.2, 0.25) is 5.91 Å². The van der Waals surface area contributed by atoms with Crippen molar-refractivity contribution in [3.8, 4) is 0 Å². The number of carbonyl (C=O) groups excluding carboxylic acids is 1. The van der Waals surface area contributed by atoms with Crippen molar-refractivity contribution in [2.24, 2.45) is 0 Å². The predicted molar refractivity (Wildman–Crippen MR) is 78.6 cm³/mol. The summed E-state index contributed by atoms with van der Waals surface area (Å²) in [5.74, 6) is 0.666. The van der Waals surface area contributed by atoms with Crippen LogP contribution in [0.1, 0.15) is 18.4 Å². The van der Waals surface area contributed by atoms with Crippen LogP contribution in [0.15, 0.2) is 30.3 Å².